The third-order valence-electron chi connectivity index (χ3n) is 3.86. The van der Waals surface area contributed by atoms with Gasteiger partial charge in [-0.2, -0.15) is 0 Å². The van der Waals surface area contributed by atoms with Crippen LogP contribution < -0.4 is 5.32 Å². The van der Waals surface area contributed by atoms with Crippen molar-refractivity contribution in [3.8, 4) is 0 Å². The van der Waals surface area contributed by atoms with Gasteiger partial charge in [0.05, 0.1) is 6.04 Å². The molecule has 0 saturated carbocycles. The molecule has 148 valence electrons. The summed E-state index contributed by atoms with van der Waals surface area (Å²) in [6.45, 7) is 14.6. The predicted octanol–water partition coefficient (Wildman–Crippen LogP) is 3.02. The first-order chi connectivity index (χ1) is 12.3. The molecule has 0 aliphatic rings. The Morgan fingerprint density at radius 1 is 1.15 bits per heavy atom. The van der Waals surface area contributed by atoms with E-state index in [0.717, 1.165) is 13.1 Å². The van der Waals surface area contributed by atoms with Crippen LogP contribution in [0, 0.1) is 5.92 Å². The highest BCUT2D eigenvalue weighted by atomic mass is 32.2. The SMILES string of the molecule is CCN(CC)CCC(=O)NC(CC(C)C)C(=O)c1nnc(SC(C)C)o1. The highest BCUT2D eigenvalue weighted by Gasteiger charge is 2.28. The van der Waals surface area contributed by atoms with E-state index in [9.17, 15) is 9.59 Å². The maximum absolute atomic E-state index is 12.7. The number of carbonyl (C=O) groups excluding carboxylic acids is 2. The van der Waals surface area contributed by atoms with E-state index in [-0.39, 0.29) is 28.7 Å². The van der Waals surface area contributed by atoms with E-state index in [4.69, 9.17) is 4.42 Å². The molecule has 1 aromatic heterocycles. The Kier molecular flexibility index (Phi) is 9.87. The minimum atomic E-state index is -0.642. The summed E-state index contributed by atoms with van der Waals surface area (Å²) < 4.78 is 5.47. The van der Waals surface area contributed by atoms with Crippen LogP contribution in [0.3, 0.4) is 0 Å². The molecule has 1 aromatic rings. The molecule has 1 unspecified atom stereocenters. The smallest absolute Gasteiger partial charge is 0.286 e. The lowest BCUT2D eigenvalue weighted by molar-refractivity contribution is -0.122. The van der Waals surface area contributed by atoms with Crippen molar-refractivity contribution >= 4 is 23.5 Å². The molecule has 1 N–H and O–H groups in total. The van der Waals surface area contributed by atoms with Crippen molar-refractivity contribution in [2.75, 3.05) is 19.6 Å². The van der Waals surface area contributed by atoms with Gasteiger partial charge < -0.3 is 14.6 Å². The second kappa shape index (κ2) is 11.3. The lowest BCUT2D eigenvalue weighted by atomic mass is 10.00. The quantitative estimate of drug-likeness (QED) is 0.438. The van der Waals surface area contributed by atoms with Gasteiger partial charge in [-0.25, -0.2) is 0 Å². The van der Waals surface area contributed by atoms with Gasteiger partial charge in [0.1, 0.15) is 0 Å². The first-order valence-corrected chi connectivity index (χ1v) is 10.2. The molecule has 0 spiro atoms. The van der Waals surface area contributed by atoms with Gasteiger partial charge in [-0.15, -0.1) is 10.2 Å². The van der Waals surface area contributed by atoms with Crippen molar-refractivity contribution in [2.24, 2.45) is 5.92 Å². The highest BCUT2D eigenvalue weighted by molar-refractivity contribution is 7.99. The Morgan fingerprint density at radius 3 is 2.35 bits per heavy atom. The van der Waals surface area contributed by atoms with Crippen molar-refractivity contribution in [1.29, 1.82) is 0 Å². The van der Waals surface area contributed by atoms with Gasteiger partial charge in [-0.3, -0.25) is 9.59 Å². The van der Waals surface area contributed by atoms with Crippen LogP contribution in [0.1, 0.15) is 65.1 Å². The third-order valence-corrected chi connectivity index (χ3v) is 4.70. The summed E-state index contributed by atoms with van der Waals surface area (Å²) in [5.74, 6) is -0.243. The Morgan fingerprint density at radius 2 is 1.81 bits per heavy atom. The molecule has 0 aliphatic heterocycles. The summed E-state index contributed by atoms with van der Waals surface area (Å²) in [4.78, 5) is 27.2. The van der Waals surface area contributed by atoms with Crippen molar-refractivity contribution < 1.29 is 14.0 Å². The number of ketones is 1. The largest absolute Gasteiger partial charge is 0.408 e. The van der Waals surface area contributed by atoms with E-state index < -0.39 is 6.04 Å². The summed E-state index contributed by atoms with van der Waals surface area (Å²) >= 11 is 1.41. The molecule has 0 aliphatic carbocycles. The minimum Gasteiger partial charge on any atom is -0.408 e. The monoisotopic (exact) mass is 384 g/mol. The summed E-state index contributed by atoms with van der Waals surface area (Å²) in [5.41, 5.74) is 0. The standard InChI is InChI=1S/C18H32N4O3S/c1-7-22(8-2)10-9-15(23)19-14(11-12(3)4)16(24)17-20-21-18(25-17)26-13(5)6/h12-14H,7-11H2,1-6H3,(H,19,23). The zero-order chi connectivity index (χ0) is 19.7. The number of rotatable bonds is 12. The molecule has 0 bridgehead atoms. The Balaban J connectivity index is 2.74. The molecule has 8 heteroatoms. The van der Waals surface area contributed by atoms with Gasteiger partial charge in [0, 0.05) is 18.2 Å². The van der Waals surface area contributed by atoms with Crippen molar-refractivity contribution in [3.05, 3.63) is 5.89 Å². The first kappa shape index (κ1) is 22.6. The van der Waals surface area contributed by atoms with Crippen LogP contribution in [0.5, 0.6) is 0 Å². The van der Waals surface area contributed by atoms with Crippen LogP contribution in [0.4, 0.5) is 0 Å². The molecule has 0 radical (unpaired) electrons. The zero-order valence-electron chi connectivity index (χ0n) is 16.7. The van der Waals surface area contributed by atoms with E-state index >= 15 is 0 Å². The highest BCUT2D eigenvalue weighted by Crippen LogP contribution is 2.22. The van der Waals surface area contributed by atoms with Crippen molar-refractivity contribution in [2.45, 2.75) is 70.9 Å². The van der Waals surface area contributed by atoms with Gasteiger partial charge in [0.25, 0.3) is 11.1 Å². The zero-order valence-corrected chi connectivity index (χ0v) is 17.6. The molecule has 1 amide bonds. The van der Waals surface area contributed by atoms with Gasteiger partial charge in [-0.05, 0) is 25.4 Å². The number of nitrogens with one attached hydrogen (secondary N) is 1. The van der Waals surface area contributed by atoms with Gasteiger partial charge in [-0.1, -0.05) is 53.3 Å². The topological polar surface area (TPSA) is 88.3 Å². The second-order valence-electron chi connectivity index (χ2n) is 6.93. The Labute approximate surface area is 160 Å². The molecule has 0 saturated heterocycles. The maximum Gasteiger partial charge on any atom is 0.286 e. The normalized spacial score (nSPS) is 12.8. The average molecular weight is 385 g/mol. The lowest BCUT2D eigenvalue weighted by Gasteiger charge is -2.20. The third kappa shape index (κ3) is 7.86. The summed E-state index contributed by atoms with van der Waals surface area (Å²) in [6.07, 6.45) is 0.896. The summed E-state index contributed by atoms with van der Waals surface area (Å²) in [6, 6.07) is -0.642. The number of thioether (sulfide) groups is 1. The fourth-order valence-corrected chi connectivity index (χ4v) is 3.09. The minimum absolute atomic E-state index is 0.0390. The Hall–Kier alpha value is -1.41. The van der Waals surface area contributed by atoms with E-state index in [1.54, 1.807) is 0 Å². The maximum atomic E-state index is 12.7. The molecule has 1 rings (SSSR count). The van der Waals surface area contributed by atoms with Crippen LogP contribution >= 0.6 is 11.8 Å². The van der Waals surface area contributed by atoms with Crippen LogP contribution in [-0.2, 0) is 4.79 Å². The summed E-state index contributed by atoms with van der Waals surface area (Å²) in [5, 5.41) is 11.3. The first-order valence-electron chi connectivity index (χ1n) is 9.32. The van der Waals surface area contributed by atoms with Crippen molar-refractivity contribution in [3.63, 3.8) is 0 Å². The van der Waals surface area contributed by atoms with Crippen molar-refractivity contribution in [1.82, 2.24) is 20.4 Å². The number of hydrogen-bond donors (Lipinski definition) is 1. The second-order valence-corrected chi connectivity index (χ2v) is 8.46. The van der Waals surface area contributed by atoms with Gasteiger partial charge in [0.15, 0.2) is 0 Å². The average Bonchev–Trinajstić information content (AvgIpc) is 3.01. The van der Waals surface area contributed by atoms with Crippen LogP contribution in [-0.4, -0.2) is 57.7 Å². The van der Waals surface area contributed by atoms with Crippen LogP contribution in [0.2, 0.25) is 0 Å². The Bertz CT molecular complexity index is 571. The van der Waals surface area contributed by atoms with Crippen LogP contribution in [0.25, 0.3) is 0 Å². The number of Topliss-reactive ketones (excluding diaryl/α,β-unsaturated/α-hetero) is 1. The molecular formula is C18H32N4O3S. The van der Waals surface area contributed by atoms with E-state index in [1.165, 1.54) is 11.8 Å². The summed E-state index contributed by atoms with van der Waals surface area (Å²) in [7, 11) is 0. The van der Waals surface area contributed by atoms with Gasteiger partial charge in [0.2, 0.25) is 11.7 Å². The van der Waals surface area contributed by atoms with E-state index in [1.807, 2.05) is 27.7 Å². The molecule has 0 aromatic carbocycles. The number of nitrogens with zero attached hydrogens (tertiary/aromatic N) is 3. The number of carbonyl (C=O) groups is 2. The van der Waals surface area contributed by atoms with Crippen LogP contribution in [0.15, 0.2) is 9.64 Å². The molecule has 7 nitrogen and oxygen atoms in total. The number of hydrogen-bond acceptors (Lipinski definition) is 7. The van der Waals surface area contributed by atoms with E-state index in [0.29, 0.717) is 24.6 Å². The number of amides is 1. The van der Waals surface area contributed by atoms with Gasteiger partial charge >= 0.3 is 0 Å². The number of aromatic nitrogens is 2. The van der Waals surface area contributed by atoms with E-state index in [2.05, 4.69) is 34.3 Å². The molecule has 26 heavy (non-hydrogen) atoms. The molecular weight excluding hydrogens is 352 g/mol. The fraction of sp³-hybridized carbons (Fsp3) is 0.778. The molecule has 1 atom stereocenters. The predicted molar refractivity (Wildman–Crippen MR) is 103 cm³/mol. The molecule has 0 fully saturated rings. The fourth-order valence-electron chi connectivity index (χ4n) is 2.48. The lowest BCUT2D eigenvalue weighted by Crippen LogP contribution is -2.43. The molecule has 1 heterocycles.